The van der Waals surface area contributed by atoms with Gasteiger partial charge in [0.05, 0.1) is 13.2 Å². The summed E-state index contributed by atoms with van der Waals surface area (Å²) in [7, 11) is 3.74. The Hall–Kier alpha value is -1.36. The third-order valence-corrected chi connectivity index (χ3v) is 4.13. The SMILES string of the molecule is CNCc1c(CN(CCOC)C2CC2)oc2ccccc12. The maximum atomic E-state index is 6.12. The summed E-state index contributed by atoms with van der Waals surface area (Å²) < 4.78 is 11.4. The molecule has 4 nitrogen and oxygen atoms in total. The quantitative estimate of drug-likeness (QED) is 0.810. The fraction of sp³-hybridized carbons (Fsp3) is 0.529. The van der Waals surface area contributed by atoms with Crippen molar-refractivity contribution in [1.82, 2.24) is 10.2 Å². The summed E-state index contributed by atoms with van der Waals surface area (Å²) in [5, 5.41) is 4.49. The average Bonchev–Trinajstić information content (AvgIpc) is 3.29. The van der Waals surface area contributed by atoms with Gasteiger partial charge in [-0.15, -0.1) is 0 Å². The van der Waals surface area contributed by atoms with Crippen LogP contribution in [0.3, 0.4) is 0 Å². The highest BCUT2D eigenvalue weighted by Crippen LogP contribution is 2.31. The van der Waals surface area contributed by atoms with Crippen LogP contribution < -0.4 is 5.32 Å². The number of benzene rings is 1. The maximum Gasteiger partial charge on any atom is 0.134 e. The summed E-state index contributed by atoms with van der Waals surface area (Å²) >= 11 is 0. The molecule has 3 rings (SSSR count). The first-order valence-electron chi connectivity index (χ1n) is 7.70. The van der Waals surface area contributed by atoms with Crippen molar-refractivity contribution in [3.63, 3.8) is 0 Å². The molecule has 0 saturated heterocycles. The van der Waals surface area contributed by atoms with E-state index in [0.717, 1.165) is 37.6 Å². The molecule has 0 amide bonds. The Balaban J connectivity index is 1.85. The average molecular weight is 288 g/mol. The summed E-state index contributed by atoms with van der Waals surface area (Å²) in [6, 6.07) is 9.00. The molecule has 1 aliphatic rings. The van der Waals surface area contributed by atoms with Gasteiger partial charge in [-0.2, -0.15) is 0 Å². The van der Waals surface area contributed by atoms with E-state index in [0.29, 0.717) is 6.04 Å². The minimum absolute atomic E-state index is 0.704. The van der Waals surface area contributed by atoms with Crippen molar-refractivity contribution >= 4 is 11.0 Å². The smallest absolute Gasteiger partial charge is 0.134 e. The second-order valence-corrected chi connectivity index (χ2v) is 5.72. The highest BCUT2D eigenvalue weighted by atomic mass is 16.5. The zero-order valence-electron chi connectivity index (χ0n) is 12.9. The molecule has 114 valence electrons. The van der Waals surface area contributed by atoms with E-state index in [1.165, 1.54) is 23.8 Å². The molecule has 1 aromatic carbocycles. The second-order valence-electron chi connectivity index (χ2n) is 5.72. The number of methoxy groups -OCH3 is 1. The number of fused-ring (bicyclic) bond motifs is 1. The number of furan rings is 1. The molecular formula is C17H24N2O2. The largest absolute Gasteiger partial charge is 0.459 e. The van der Waals surface area contributed by atoms with E-state index in [1.807, 2.05) is 13.1 Å². The molecule has 1 heterocycles. The van der Waals surface area contributed by atoms with Crippen molar-refractivity contribution in [2.45, 2.75) is 32.0 Å². The summed E-state index contributed by atoms with van der Waals surface area (Å²) in [4.78, 5) is 2.49. The lowest BCUT2D eigenvalue weighted by atomic mass is 10.1. The van der Waals surface area contributed by atoms with E-state index >= 15 is 0 Å². The van der Waals surface area contributed by atoms with Crippen LogP contribution in [0.2, 0.25) is 0 Å². The standard InChI is InChI=1S/C17H24N2O2/c1-18-11-15-14-5-3-4-6-16(14)21-17(15)12-19(9-10-20-2)13-7-8-13/h3-6,13,18H,7-12H2,1-2H3. The van der Waals surface area contributed by atoms with E-state index in [-0.39, 0.29) is 0 Å². The zero-order valence-corrected chi connectivity index (χ0v) is 12.9. The molecule has 0 bridgehead atoms. The van der Waals surface area contributed by atoms with Gasteiger partial charge in [-0.05, 0) is 26.0 Å². The molecule has 1 aliphatic carbocycles. The molecule has 0 radical (unpaired) electrons. The molecule has 1 N–H and O–H groups in total. The molecule has 1 fully saturated rings. The fourth-order valence-electron chi connectivity index (χ4n) is 2.87. The van der Waals surface area contributed by atoms with Gasteiger partial charge in [0.1, 0.15) is 11.3 Å². The van der Waals surface area contributed by atoms with Crippen molar-refractivity contribution in [2.24, 2.45) is 0 Å². The van der Waals surface area contributed by atoms with Crippen LogP contribution in [0.1, 0.15) is 24.2 Å². The van der Waals surface area contributed by atoms with E-state index in [4.69, 9.17) is 9.15 Å². The first-order valence-corrected chi connectivity index (χ1v) is 7.70. The van der Waals surface area contributed by atoms with E-state index in [2.05, 4.69) is 28.4 Å². The minimum atomic E-state index is 0.704. The van der Waals surface area contributed by atoms with Crippen LogP contribution in [-0.4, -0.2) is 38.3 Å². The molecule has 1 saturated carbocycles. The van der Waals surface area contributed by atoms with Gasteiger partial charge in [0.25, 0.3) is 0 Å². The lowest BCUT2D eigenvalue weighted by Crippen LogP contribution is -2.29. The number of ether oxygens (including phenoxy) is 1. The maximum absolute atomic E-state index is 6.12. The molecule has 0 spiro atoms. The molecule has 2 aromatic rings. The Bertz CT molecular complexity index is 589. The van der Waals surface area contributed by atoms with Gasteiger partial charge < -0.3 is 14.5 Å². The van der Waals surface area contributed by atoms with Crippen molar-refractivity contribution in [1.29, 1.82) is 0 Å². The highest BCUT2D eigenvalue weighted by molar-refractivity contribution is 5.82. The van der Waals surface area contributed by atoms with Crippen LogP contribution in [0.5, 0.6) is 0 Å². The van der Waals surface area contributed by atoms with Crippen LogP contribution in [0.4, 0.5) is 0 Å². The van der Waals surface area contributed by atoms with Crippen LogP contribution in [-0.2, 0) is 17.8 Å². The predicted molar refractivity (Wildman–Crippen MR) is 84.3 cm³/mol. The first-order chi connectivity index (χ1) is 10.3. The Morgan fingerprint density at radius 3 is 2.86 bits per heavy atom. The normalized spacial score (nSPS) is 15.2. The van der Waals surface area contributed by atoms with Crippen molar-refractivity contribution < 1.29 is 9.15 Å². The van der Waals surface area contributed by atoms with Crippen molar-refractivity contribution in [3.8, 4) is 0 Å². The number of nitrogens with zero attached hydrogens (tertiary/aromatic N) is 1. The third kappa shape index (κ3) is 3.28. The van der Waals surface area contributed by atoms with Crippen molar-refractivity contribution in [3.05, 3.63) is 35.6 Å². The number of para-hydroxylation sites is 1. The van der Waals surface area contributed by atoms with Gasteiger partial charge >= 0.3 is 0 Å². The molecule has 0 aliphatic heterocycles. The molecule has 21 heavy (non-hydrogen) atoms. The van der Waals surface area contributed by atoms with Gasteiger partial charge in [-0.1, -0.05) is 18.2 Å². The monoisotopic (exact) mass is 288 g/mol. The number of rotatable bonds is 8. The Kier molecular flexibility index (Phi) is 4.58. The van der Waals surface area contributed by atoms with E-state index < -0.39 is 0 Å². The van der Waals surface area contributed by atoms with Crippen LogP contribution in [0.15, 0.2) is 28.7 Å². The van der Waals surface area contributed by atoms with Crippen molar-refractivity contribution in [2.75, 3.05) is 27.3 Å². The van der Waals surface area contributed by atoms with E-state index in [9.17, 15) is 0 Å². The summed E-state index contributed by atoms with van der Waals surface area (Å²) in [6.45, 7) is 3.46. The summed E-state index contributed by atoms with van der Waals surface area (Å²) in [5.74, 6) is 1.09. The highest BCUT2D eigenvalue weighted by Gasteiger charge is 2.30. The number of nitrogens with one attached hydrogen (secondary N) is 1. The second kappa shape index (κ2) is 6.60. The fourth-order valence-corrected chi connectivity index (χ4v) is 2.87. The summed E-state index contributed by atoms with van der Waals surface area (Å²) in [5.41, 5.74) is 2.27. The molecule has 0 unspecified atom stereocenters. The lowest BCUT2D eigenvalue weighted by molar-refractivity contribution is 0.134. The molecular weight excluding hydrogens is 264 g/mol. The molecule has 1 aromatic heterocycles. The third-order valence-electron chi connectivity index (χ3n) is 4.13. The van der Waals surface area contributed by atoms with Gasteiger partial charge in [0, 0.05) is 37.2 Å². The number of hydrogen-bond donors (Lipinski definition) is 1. The van der Waals surface area contributed by atoms with Gasteiger partial charge in [0.2, 0.25) is 0 Å². The Morgan fingerprint density at radius 2 is 2.14 bits per heavy atom. The Labute approximate surface area is 126 Å². The van der Waals surface area contributed by atoms with Gasteiger partial charge in [-0.25, -0.2) is 0 Å². The minimum Gasteiger partial charge on any atom is -0.459 e. The number of hydrogen-bond acceptors (Lipinski definition) is 4. The van der Waals surface area contributed by atoms with Crippen LogP contribution >= 0.6 is 0 Å². The van der Waals surface area contributed by atoms with E-state index in [1.54, 1.807) is 7.11 Å². The molecule has 4 heteroatoms. The van der Waals surface area contributed by atoms with Gasteiger partial charge in [-0.3, -0.25) is 4.90 Å². The van der Waals surface area contributed by atoms with Crippen LogP contribution in [0, 0.1) is 0 Å². The zero-order chi connectivity index (χ0) is 14.7. The molecule has 0 atom stereocenters. The Morgan fingerprint density at radius 1 is 1.33 bits per heavy atom. The lowest BCUT2D eigenvalue weighted by Gasteiger charge is -2.20. The topological polar surface area (TPSA) is 37.6 Å². The van der Waals surface area contributed by atoms with Gasteiger partial charge in [0.15, 0.2) is 0 Å². The predicted octanol–water partition coefficient (Wildman–Crippen LogP) is 2.76. The van der Waals surface area contributed by atoms with Crippen LogP contribution in [0.25, 0.3) is 11.0 Å². The first kappa shape index (κ1) is 14.6. The summed E-state index contributed by atoms with van der Waals surface area (Å²) in [6.07, 6.45) is 2.59.